The number of aryl methyl sites for hydroxylation is 1. The molecule has 0 saturated heterocycles. The Balaban J connectivity index is 2.26. The van der Waals surface area contributed by atoms with Crippen molar-refractivity contribution in [2.45, 2.75) is 18.9 Å². The van der Waals surface area contributed by atoms with Crippen LogP contribution in [0.15, 0.2) is 55.1 Å². The van der Waals surface area contributed by atoms with E-state index in [4.69, 9.17) is 9.47 Å². The molecule has 0 heterocycles. The molecule has 0 radical (unpaired) electrons. The van der Waals surface area contributed by atoms with Crippen molar-refractivity contribution >= 4 is 0 Å². The van der Waals surface area contributed by atoms with E-state index < -0.39 is 0 Å². The van der Waals surface area contributed by atoms with Gasteiger partial charge in [0, 0.05) is 7.11 Å². The molecule has 0 aliphatic heterocycles. The zero-order valence-corrected chi connectivity index (χ0v) is 11.0. The molecule has 2 heteroatoms. The second kappa shape index (κ2) is 9.63. The van der Waals surface area contributed by atoms with E-state index in [0.29, 0.717) is 13.2 Å². The normalized spacial score (nSPS) is 12.7. The van der Waals surface area contributed by atoms with Crippen LogP contribution in [0.25, 0.3) is 0 Å². The molecule has 0 aliphatic carbocycles. The summed E-state index contributed by atoms with van der Waals surface area (Å²) < 4.78 is 10.7. The number of hydrogen-bond donors (Lipinski definition) is 0. The Hall–Kier alpha value is -1.38. The maximum Gasteiger partial charge on any atom is 0.0756 e. The summed E-state index contributed by atoms with van der Waals surface area (Å²) in [6.07, 6.45) is 7.97. The molecular formula is C16H22O2. The molecule has 1 unspecified atom stereocenters. The highest BCUT2D eigenvalue weighted by Gasteiger charge is 2.02. The quantitative estimate of drug-likeness (QED) is 0.491. The van der Waals surface area contributed by atoms with Crippen LogP contribution in [0.1, 0.15) is 12.0 Å². The second-order valence-corrected chi connectivity index (χ2v) is 4.05. The summed E-state index contributed by atoms with van der Waals surface area (Å²) in [5.41, 5.74) is 1.34. The number of rotatable bonds is 9. The van der Waals surface area contributed by atoms with Crippen LogP contribution in [0.5, 0.6) is 0 Å². The molecule has 2 nitrogen and oxygen atoms in total. The van der Waals surface area contributed by atoms with Crippen LogP contribution in [0.2, 0.25) is 0 Å². The molecule has 0 N–H and O–H groups in total. The van der Waals surface area contributed by atoms with E-state index in [-0.39, 0.29) is 6.10 Å². The molecule has 1 aromatic carbocycles. The third-order valence-electron chi connectivity index (χ3n) is 2.66. The van der Waals surface area contributed by atoms with Gasteiger partial charge in [0.25, 0.3) is 0 Å². The van der Waals surface area contributed by atoms with Crippen LogP contribution in [-0.2, 0) is 15.9 Å². The predicted octanol–water partition coefficient (Wildman–Crippen LogP) is 3.39. The standard InChI is InChI=1S/C16H22O2/c1-3-13-18-14-7-10-16(17-2)12-11-15-8-5-4-6-9-15/h3-10,16H,1,11-14H2,2H3/b10-7-. The first kappa shape index (κ1) is 14.7. The molecule has 0 saturated carbocycles. The van der Waals surface area contributed by atoms with Crippen molar-refractivity contribution in [2.24, 2.45) is 0 Å². The lowest BCUT2D eigenvalue weighted by Gasteiger charge is -2.10. The average Bonchev–Trinajstić information content (AvgIpc) is 2.43. The summed E-state index contributed by atoms with van der Waals surface area (Å²) in [5.74, 6) is 0. The van der Waals surface area contributed by atoms with Gasteiger partial charge in [-0.2, -0.15) is 0 Å². The van der Waals surface area contributed by atoms with Crippen molar-refractivity contribution < 1.29 is 9.47 Å². The van der Waals surface area contributed by atoms with E-state index >= 15 is 0 Å². The van der Waals surface area contributed by atoms with E-state index in [2.05, 4.69) is 36.9 Å². The predicted molar refractivity (Wildman–Crippen MR) is 75.7 cm³/mol. The second-order valence-electron chi connectivity index (χ2n) is 4.05. The molecule has 0 aliphatic rings. The maximum absolute atomic E-state index is 5.42. The van der Waals surface area contributed by atoms with Gasteiger partial charge in [-0.1, -0.05) is 48.6 Å². The van der Waals surface area contributed by atoms with Gasteiger partial charge in [0.2, 0.25) is 0 Å². The monoisotopic (exact) mass is 246 g/mol. The summed E-state index contributed by atoms with van der Waals surface area (Å²) in [4.78, 5) is 0. The van der Waals surface area contributed by atoms with Gasteiger partial charge in [0.15, 0.2) is 0 Å². The molecule has 0 aromatic heterocycles. The van der Waals surface area contributed by atoms with Crippen LogP contribution in [0.3, 0.4) is 0 Å². The zero-order chi connectivity index (χ0) is 13.1. The minimum Gasteiger partial charge on any atom is -0.377 e. The first-order chi connectivity index (χ1) is 8.86. The summed E-state index contributed by atoms with van der Waals surface area (Å²) in [6.45, 7) is 4.80. The molecule has 1 atom stereocenters. The Kier molecular flexibility index (Phi) is 7.85. The molecule has 98 valence electrons. The van der Waals surface area contributed by atoms with Crippen LogP contribution in [-0.4, -0.2) is 26.4 Å². The van der Waals surface area contributed by atoms with Gasteiger partial charge in [-0.05, 0) is 18.4 Å². The molecule has 0 spiro atoms. The lowest BCUT2D eigenvalue weighted by molar-refractivity contribution is 0.132. The van der Waals surface area contributed by atoms with Crippen molar-refractivity contribution in [1.29, 1.82) is 0 Å². The first-order valence-electron chi connectivity index (χ1n) is 6.29. The van der Waals surface area contributed by atoms with Crippen molar-refractivity contribution in [3.8, 4) is 0 Å². The smallest absolute Gasteiger partial charge is 0.0756 e. The van der Waals surface area contributed by atoms with Gasteiger partial charge >= 0.3 is 0 Å². The van der Waals surface area contributed by atoms with Crippen molar-refractivity contribution in [2.75, 3.05) is 20.3 Å². The number of benzene rings is 1. The van der Waals surface area contributed by atoms with Crippen LogP contribution >= 0.6 is 0 Å². The Bertz CT molecular complexity index is 343. The van der Waals surface area contributed by atoms with Crippen LogP contribution < -0.4 is 0 Å². The summed E-state index contributed by atoms with van der Waals surface area (Å²) in [6, 6.07) is 10.5. The molecule has 1 rings (SSSR count). The maximum atomic E-state index is 5.42. The highest BCUT2D eigenvalue weighted by atomic mass is 16.5. The van der Waals surface area contributed by atoms with Crippen molar-refractivity contribution in [3.05, 3.63) is 60.7 Å². The fourth-order valence-corrected chi connectivity index (χ4v) is 1.67. The number of hydrogen-bond acceptors (Lipinski definition) is 2. The summed E-state index contributed by atoms with van der Waals surface area (Å²) in [5, 5.41) is 0. The van der Waals surface area contributed by atoms with Crippen molar-refractivity contribution in [1.82, 2.24) is 0 Å². The van der Waals surface area contributed by atoms with Gasteiger partial charge in [-0.15, -0.1) is 6.58 Å². The van der Waals surface area contributed by atoms with E-state index in [1.54, 1.807) is 13.2 Å². The molecule has 1 aromatic rings. The van der Waals surface area contributed by atoms with E-state index in [0.717, 1.165) is 12.8 Å². The Morgan fingerprint density at radius 3 is 2.67 bits per heavy atom. The fraction of sp³-hybridized carbons (Fsp3) is 0.375. The SMILES string of the molecule is C=CCOC/C=C\C(CCc1ccccc1)OC. The van der Waals surface area contributed by atoms with E-state index in [9.17, 15) is 0 Å². The van der Waals surface area contributed by atoms with Gasteiger partial charge in [-0.3, -0.25) is 0 Å². The van der Waals surface area contributed by atoms with Gasteiger partial charge in [0.1, 0.15) is 0 Å². The van der Waals surface area contributed by atoms with Crippen molar-refractivity contribution in [3.63, 3.8) is 0 Å². The molecular weight excluding hydrogens is 224 g/mol. The van der Waals surface area contributed by atoms with Crippen LogP contribution in [0, 0.1) is 0 Å². The number of ether oxygens (including phenoxy) is 2. The highest BCUT2D eigenvalue weighted by Crippen LogP contribution is 2.07. The minimum atomic E-state index is 0.150. The molecule has 0 fully saturated rings. The summed E-state index contributed by atoms with van der Waals surface area (Å²) >= 11 is 0. The Morgan fingerprint density at radius 2 is 2.00 bits per heavy atom. The Morgan fingerprint density at radius 1 is 1.22 bits per heavy atom. The Labute approximate surface area is 110 Å². The van der Waals surface area contributed by atoms with E-state index in [1.807, 2.05) is 12.1 Å². The third-order valence-corrected chi connectivity index (χ3v) is 2.66. The van der Waals surface area contributed by atoms with Gasteiger partial charge in [0.05, 0.1) is 19.3 Å². The van der Waals surface area contributed by atoms with E-state index in [1.165, 1.54) is 5.56 Å². The fourth-order valence-electron chi connectivity index (χ4n) is 1.67. The lowest BCUT2D eigenvalue weighted by Crippen LogP contribution is -2.08. The molecule has 0 bridgehead atoms. The highest BCUT2D eigenvalue weighted by molar-refractivity contribution is 5.15. The topological polar surface area (TPSA) is 18.5 Å². The first-order valence-corrected chi connectivity index (χ1v) is 6.29. The van der Waals surface area contributed by atoms with Gasteiger partial charge in [-0.25, -0.2) is 0 Å². The minimum absolute atomic E-state index is 0.150. The van der Waals surface area contributed by atoms with Crippen LogP contribution in [0.4, 0.5) is 0 Å². The summed E-state index contributed by atoms with van der Waals surface area (Å²) in [7, 11) is 1.74. The third kappa shape index (κ3) is 6.38. The molecule has 0 amide bonds. The zero-order valence-electron chi connectivity index (χ0n) is 11.0. The van der Waals surface area contributed by atoms with Gasteiger partial charge < -0.3 is 9.47 Å². The average molecular weight is 246 g/mol. The largest absolute Gasteiger partial charge is 0.377 e. The molecule has 18 heavy (non-hydrogen) atoms. The lowest BCUT2D eigenvalue weighted by atomic mass is 10.1. The number of methoxy groups -OCH3 is 1.